The number of unbranched alkanes of at least 4 members (excludes halogenated alkanes) is 7. The topological polar surface area (TPSA) is 12.9 Å². The van der Waals surface area contributed by atoms with E-state index in [1.807, 2.05) is 6.20 Å². The summed E-state index contributed by atoms with van der Waals surface area (Å²) < 4.78 is 0. The van der Waals surface area contributed by atoms with Crippen LogP contribution in [0.15, 0.2) is 42.7 Å². The van der Waals surface area contributed by atoms with Crippen LogP contribution in [0.3, 0.4) is 0 Å². The summed E-state index contributed by atoms with van der Waals surface area (Å²) in [6.45, 7) is 7.07. The highest BCUT2D eigenvalue weighted by molar-refractivity contribution is 5.71. The molecule has 1 atom stereocenters. The van der Waals surface area contributed by atoms with Crippen molar-refractivity contribution in [3.63, 3.8) is 0 Å². The lowest BCUT2D eigenvalue weighted by atomic mass is 9.72. The van der Waals surface area contributed by atoms with Gasteiger partial charge in [0.25, 0.3) is 0 Å². The first-order valence-corrected chi connectivity index (χ1v) is 14.3. The van der Waals surface area contributed by atoms with Crippen molar-refractivity contribution in [1.29, 1.82) is 0 Å². The van der Waals surface area contributed by atoms with Crippen LogP contribution < -0.4 is 0 Å². The monoisotopic (exact) mass is 447 g/mol. The van der Waals surface area contributed by atoms with Crippen LogP contribution in [0.2, 0.25) is 0 Å². The van der Waals surface area contributed by atoms with Crippen molar-refractivity contribution >= 4 is 0 Å². The smallest absolute Gasteiger partial charge is 0.0308 e. The Labute approximate surface area is 204 Å². The predicted octanol–water partition coefficient (Wildman–Crippen LogP) is 10.1. The number of aryl methyl sites for hydroxylation is 1. The van der Waals surface area contributed by atoms with E-state index in [0.717, 1.165) is 11.8 Å². The third-order valence-corrected chi connectivity index (χ3v) is 8.26. The quantitative estimate of drug-likeness (QED) is 0.262. The molecular weight excluding hydrogens is 398 g/mol. The van der Waals surface area contributed by atoms with Gasteiger partial charge in [-0.1, -0.05) is 116 Å². The van der Waals surface area contributed by atoms with Crippen LogP contribution in [-0.4, -0.2) is 4.98 Å². The lowest BCUT2D eigenvalue weighted by Crippen LogP contribution is -2.20. The minimum atomic E-state index is 0.590. The Morgan fingerprint density at radius 1 is 0.788 bits per heavy atom. The molecule has 1 heteroatoms. The first kappa shape index (κ1) is 26.0. The molecule has 1 aromatic carbocycles. The molecule has 1 aliphatic carbocycles. The summed E-state index contributed by atoms with van der Waals surface area (Å²) >= 11 is 0. The Morgan fingerprint density at radius 2 is 1.48 bits per heavy atom. The van der Waals surface area contributed by atoms with E-state index in [0.29, 0.717) is 5.92 Å². The van der Waals surface area contributed by atoms with E-state index in [9.17, 15) is 0 Å². The summed E-state index contributed by atoms with van der Waals surface area (Å²) in [5.41, 5.74) is 5.85. The molecule has 182 valence electrons. The van der Waals surface area contributed by atoms with Crippen LogP contribution in [0.5, 0.6) is 0 Å². The molecule has 0 aliphatic heterocycles. The maximum Gasteiger partial charge on any atom is 0.0308 e. The highest BCUT2D eigenvalue weighted by Gasteiger charge is 2.27. The SMILES string of the molecule is CCCCCCCCC1CCC(C(C)c2cnccc2-c2ccccc2CCCCC)CC1. The molecule has 1 heterocycles. The fourth-order valence-corrected chi connectivity index (χ4v) is 6.03. The predicted molar refractivity (Wildman–Crippen MR) is 145 cm³/mol. The summed E-state index contributed by atoms with van der Waals surface area (Å²) in [5.74, 6) is 2.38. The molecule has 0 bridgehead atoms. The molecule has 1 saturated carbocycles. The van der Waals surface area contributed by atoms with Crippen LogP contribution in [0.25, 0.3) is 11.1 Å². The van der Waals surface area contributed by atoms with Gasteiger partial charge < -0.3 is 0 Å². The van der Waals surface area contributed by atoms with Crippen molar-refractivity contribution in [2.75, 3.05) is 0 Å². The zero-order chi connectivity index (χ0) is 23.3. The van der Waals surface area contributed by atoms with Crippen LogP contribution in [-0.2, 0) is 6.42 Å². The van der Waals surface area contributed by atoms with E-state index in [1.54, 1.807) is 0 Å². The van der Waals surface area contributed by atoms with Gasteiger partial charge in [-0.25, -0.2) is 0 Å². The number of benzene rings is 1. The molecule has 2 aromatic rings. The third kappa shape index (κ3) is 7.97. The van der Waals surface area contributed by atoms with Gasteiger partial charge in [0.15, 0.2) is 0 Å². The van der Waals surface area contributed by atoms with Crippen molar-refractivity contribution in [2.45, 2.75) is 123 Å². The van der Waals surface area contributed by atoms with E-state index < -0.39 is 0 Å². The number of rotatable bonds is 14. The van der Waals surface area contributed by atoms with Gasteiger partial charge in [-0.2, -0.15) is 0 Å². The van der Waals surface area contributed by atoms with Crippen molar-refractivity contribution < 1.29 is 0 Å². The van der Waals surface area contributed by atoms with Crippen LogP contribution >= 0.6 is 0 Å². The first-order valence-electron chi connectivity index (χ1n) is 14.3. The fourth-order valence-electron chi connectivity index (χ4n) is 6.03. The molecular formula is C32H49N. The molecule has 0 spiro atoms. The van der Waals surface area contributed by atoms with Gasteiger partial charge in [0.1, 0.15) is 0 Å². The standard InChI is InChI=1S/C32H49N/c1-4-6-8-9-10-12-15-27-19-21-28(22-20-27)26(3)32-25-33-24-23-31(32)30-18-14-13-17-29(30)16-11-7-5-2/h13-14,17-18,23-28H,4-12,15-16,19-22H2,1-3H3. The Hall–Kier alpha value is -1.63. The number of hydrogen-bond acceptors (Lipinski definition) is 1. The summed E-state index contributed by atoms with van der Waals surface area (Å²) in [5, 5.41) is 0. The van der Waals surface area contributed by atoms with Crippen molar-refractivity contribution in [3.8, 4) is 11.1 Å². The molecule has 1 fully saturated rings. The van der Waals surface area contributed by atoms with Gasteiger partial charge in [-0.15, -0.1) is 0 Å². The summed E-state index contributed by atoms with van der Waals surface area (Å²) in [6.07, 6.45) is 24.9. The Morgan fingerprint density at radius 3 is 2.27 bits per heavy atom. The minimum Gasteiger partial charge on any atom is -0.264 e. The number of nitrogens with zero attached hydrogens (tertiary/aromatic N) is 1. The number of hydrogen-bond donors (Lipinski definition) is 0. The Kier molecular flexibility index (Phi) is 11.5. The molecule has 1 unspecified atom stereocenters. The first-order chi connectivity index (χ1) is 16.2. The summed E-state index contributed by atoms with van der Waals surface area (Å²) in [6, 6.07) is 11.4. The minimum absolute atomic E-state index is 0.590. The van der Waals surface area contributed by atoms with Gasteiger partial charge in [0.2, 0.25) is 0 Å². The van der Waals surface area contributed by atoms with Crippen molar-refractivity contribution in [1.82, 2.24) is 4.98 Å². The normalized spacial score (nSPS) is 19.5. The largest absolute Gasteiger partial charge is 0.264 e. The average Bonchev–Trinajstić information content (AvgIpc) is 2.86. The van der Waals surface area contributed by atoms with Crippen LogP contribution in [0.1, 0.15) is 128 Å². The van der Waals surface area contributed by atoms with Crippen LogP contribution in [0.4, 0.5) is 0 Å². The zero-order valence-electron chi connectivity index (χ0n) is 21.8. The van der Waals surface area contributed by atoms with Crippen LogP contribution in [0, 0.1) is 11.8 Å². The van der Waals surface area contributed by atoms with Gasteiger partial charge in [0, 0.05) is 12.4 Å². The van der Waals surface area contributed by atoms with Gasteiger partial charge >= 0.3 is 0 Å². The summed E-state index contributed by atoms with van der Waals surface area (Å²) in [4.78, 5) is 4.58. The van der Waals surface area contributed by atoms with E-state index in [-0.39, 0.29) is 0 Å². The van der Waals surface area contributed by atoms with Gasteiger partial charge in [-0.3, -0.25) is 4.98 Å². The summed E-state index contributed by atoms with van der Waals surface area (Å²) in [7, 11) is 0. The van der Waals surface area contributed by atoms with Crippen molar-refractivity contribution in [3.05, 3.63) is 53.9 Å². The molecule has 0 amide bonds. The molecule has 3 rings (SSSR count). The second-order valence-electron chi connectivity index (χ2n) is 10.7. The highest BCUT2D eigenvalue weighted by Crippen LogP contribution is 2.42. The third-order valence-electron chi connectivity index (χ3n) is 8.26. The van der Waals surface area contributed by atoms with E-state index in [1.165, 1.54) is 119 Å². The molecule has 0 radical (unpaired) electrons. The average molecular weight is 448 g/mol. The molecule has 1 nitrogen and oxygen atoms in total. The second kappa shape index (κ2) is 14.6. The number of pyridine rings is 1. The molecule has 0 N–H and O–H groups in total. The van der Waals surface area contributed by atoms with E-state index in [4.69, 9.17) is 0 Å². The Bertz CT molecular complexity index is 787. The number of aromatic nitrogens is 1. The fraction of sp³-hybridized carbons (Fsp3) is 0.656. The maximum absolute atomic E-state index is 4.58. The van der Waals surface area contributed by atoms with Crippen molar-refractivity contribution in [2.24, 2.45) is 11.8 Å². The molecule has 0 saturated heterocycles. The zero-order valence-corrected chi connectivity index (χ0v) is 21.8. The van der Waals surface area contributed by atoms with E-state index in [2.05, 4.69) is 62.3 Å². The Balaban J connectivity index is 1.59. The van der Waals surface area contributed by atoms with Gasteiger partial charge in [-0.05, 0) is 71.8 Å². The second-order valence-corrected chi connectivity index (χ2v) is 10.7. The molecule has 33 heavy (non-hydrogen) atoms. The van der Waals surface area contributed by atoms with Gasteiger partial charge in [0.05, 0.1) is 0 Å². The lowest BCUT2D eigenvalue weighted by Gasteiger charge is -2.33. The molecule has 1 aliphatic rings. The van der Waals surface area contributed by atoms with E-state index >= 15 is 0 Å². The maximum atomic E-state index is 4.58. The highest BCUT2D eigenvalue weighted by atomic mass is 14.6. The lowest BCUT2D eigenvalue weighted by molar-refractivity contribution is 0.236. The molecule has 1 aromatic heterocycles.